The molecule has 0 heterocycles. The number of carbonyl (C=O) groups excluding carboxylic acids is 3. The first-order chi connectivity index (χ1) is 12.5. The summed E-state index contributed by atoms with van der Waals surface area (Å²) < 4.78 is 5.11. The number of anilines is 1. The number of allylic oxidation sites excluding steroid dienone is 2. The van der Waals surface area contributed by atoms with Gasteiger partial charge in [-0.2, -0.15) is 0 Å². The fourth-order valence-corrected chi connectivity index (χ4v) is 2.66. The molecule has 0 spiro atoms. The number of benzene rings is 2. The molecule has 0 fully saturated rings. The van der Waals surface area contributed by atoms with Gasteiger partial charge in [-0.15, -0.1) is 0 Å². The van der Waals surface area contributed by atoms with Crippen molar-refractivity contribution in [1.82, 2.24) is 5.32 Å². The second-order valence-corrected chi connectivity index (χ2v) is 5.71. The Morgan fingerprint density at radius 2 is 1.50 bits per heavy atom. The highest BCUT2D eigenvalue weighted by Gasteiger charge is 2.33. The smallest absolute Gasteiger partial charge is 0.224 e. The van der Waals surface area contributed by atoms with E-state index in [0.29, 0.717) is 17.0 Å². The molecule has 2 aromatic carbocycles. The second-order valence-electron chi connectivity index (χ2n) is 5.71. The van der Waals surface area contributed by atoms with Crippen LogP contribution in [0.3, 0.4) is 0 Å². The summed E-state index contributed by atoms with van der Waals surface area (Å²) in [5, 5.41) is 5.54. The first-order valence-corrected chi connectivity index (χ1v) is 8.18. The molecule has 0 atom stereocenters. The Kier molecular flexibility index (Phi) is 4.84. The SMILES string of the molecule is CCC(=O)NC1=C(Nc2ccc(OC)cc2)C(=O)c2ccccc2C1=O. The van der Waals surface area contributed by atoms with Gasteiger partial charge in [0.25, 0.3) is 0 Å². The molecule has 26 heavy (non-hydrogen) atoms. The molecule has 0 bridgehead atoms. The van der Waals surface area contributed by atoms with Gasteiger partial charge in [-0.05, 0) is 24.3 Å². The topological polar surface area (TPSA) is 84.5 Å². The molecule has 0 saturated heterocycles. The molecule has 0 unspecified atom stereocenters. The third kappa shape index (κ3) is 3.21. The minimum atomic E-state index is -0.391. The van der Waals surface area contributed by atoms with Crippen molar-refractivity contribution >= 4 is 23.2 Å². The second kappa shape index (κ2) is 7.23. The summed E-state index contributed by atoms with van der Waals surface area (Å²) in [5.74, 6) is -0.407. The van der Waals surface area contributed by atoms with Crippen LogP contribution in [0.2, 0.25) is 0 Å². The summed E-state index contributed by atoms with van der Waals surface area (Å²) >= 11 is 0. The van der Waals surface area contributed by atoms with Gasteiger partial charge in [0.1, 0.15) is 17.1 Å². The van der Waals surface area contributed by atoms with E-state index in [9.17, 15) is 14.4 Å². The average molecular weight is 350 g/mol. The van der Waals surface area contributed by atoms with E-state index in [-0.39, 0.29) is 35.1 Å². The van der Waals surface area contributed by atoms with Crippen molar-refractivity contribution in [1.29, 1.82) is 0 Å². The summed E-state index contributed by atoms with van der Waals surface area (Å²) in [6, 6.07) is 13.5. The standard InChI is InChI=1S/C20H18N2O4/c1-3-16(23)22-18-17(21-12-8-10-13(26-2)11-9-12)19(24)14-6-4-5-7-15(14)20(18)25/h4-11,21H,3H2,1-2H3,(H,22,23). The van der Waals surface area contributed by atoms with Crippen LogP contribution in [0.5, 0.6) is 5.75 Å². The molecule has 132 valence electrons. The van der Waals surface area contributed by atoms with Crippen molar-refractivity contribution in [2.24, 2.45) is 0 Å². The molecule has 0 saturated carbocycles. The first kappa shape index (κ1) is 17.4. The highest BCUT2D eigenvalue weighted by molar-refractivity contribution is 6.28. The molecule has 2 N–H and O–H groups in total. The summed E-state index contributed by atoms with van der Waals surface area (Å²) in [6.07, 6.45) is 0.197. The van der Waals surface area contributed by atoms with Gasteiger partial charge in [-0.25, -0.2) is 0 Å². The highest BCUT2D eigenvalue weighted by Crippen LogP contribution is 2.27. The molecule has 0 aromatic heterocycles. The number of nitrogens with one attached hydrogen (secondary N) is 2. The Labute approximate surface area is 150 Å². The number of Topliss-reactive ketones (excluding diaryl/α,β-unsaturated/α-hetero) is 2. The Morgan fingerprint density at radius 1 is 0.923 bits per heavy atom. The van der Waals surface area contributed by atoms with Crippen LogP contribution in [-0.2, 0) is 4.79 Å². The lowest BCUT2D eigenvalue weighted by molar-refractivity contribution is -0.120. The molecule has 1 aliphatic carbocycles. The van der Waals surface area contributed by atoms with Crippen molar-refractivity contribution in [3.63, 3.8) is 0 Å². The van der Waals surface area contributed by atoms with Crippen LogP contribution in [0.15, 0.2) is 59.9 Å². The number of amides is 1. The first-order valence-electron chi connectivity index (χ1n) is 8.18. The van der Waals surface area contributed by atoms with E-state index in [2.05, 4.69) is 10.6 Å². The van der Waals surface area contributed by atoms with Crippen LogP contribution in [-0.4, -0.2) is 24.6 Å². The van der Waals surface area contributed by atoms with E-state index in [1.165, 1.54) is 0 Å². The maximum atomic E-state index is 12.9. The summed E-state index contributed by atoms with van der Waals surface area (Å²) in [7, 11) is 1.56. The lowest BCUT2D eigenvalue weighted by Gasteiger charge is -2.22. The zero-order valence-electron chi connectivity index (χ0n) is 14.5. The normalized spacial score (nSPS) is 13.3. The van der Waals surface area contributed by atoms with E-state index in [4.69, 9.17) is 4.74 Å². The zero-order valence-corrected chi connectivity index (χ0v) is 14.5. The molecule has 3 rings (SSSR count). The lowest BCUT2D eigenvalue weighted by atomic mass is 9.90. The molecular formula is C20H18N2O4. The van der Waals surface area contributed by atoms with Crippen LogP contribution in [0.1, 0.15) is 34.1 Å². The van der Waals surface area contributed by atoms with Gasteiger partial charge in [0.2, 0.25) is 17.5 Å². The number of rotatable bonds is 5. The fourth-order valence-electron chi connectivity index (χ4n) is 2.66. The Hall–Kier alpha value is -3.41. The summed E-state index contributed by atoms with van der Waals surface area (Å²) in [5.41, 5.74) is 1.22. The van der Waals surface area contributed by atoms with E-state index in [1.54, 1.807) is 62.6 Å². The Bertz CT molecular complexity index is 914. The van der Waals surface area contributed by atoms with Crippen molar-refractivity contribution in [2.45, 2.75) is 13.3 Å². The zero-order chi connectivity index (χ0) is 18.7. The van der Waals surface area contributed by atoms with E-state index in [0.717, 1.165) is 0 Å². The van der Waals surface area contributed by atoms with E-state index in [1.807, 2.05) is 0 Å². The van der Waals surface area contributed by atoms with Gasteiger partial charge in [-0.3, -0.25) is 14.4 Å². The fraction of sp³-hybridized carbons (Fsp3) is 0.150. The molecule has 6 nitrogen and oxygen atoms in total. The summed E-state index contributed by atoms with van der Waals surface area (Å²) in [6.45, 7) is 1.68. The summed E-state index contributed by atoms with van der Waals surface area (Å²) in [4.78, 5) is 37.6. The minimum absolute atomic E-state index is 0.0311. The van der Waals surface area contributed by atoms with Crippen molar-refractivity contribution in [3.05, 3.63) is 71.1 Å². The Balaban J connectivity index is 2.05. The van der Waals surface area contributed by atoms with Crippen LogP contribution in [0.4, 0.5) is 5.69 Å². The molecular weight excluding hydrogens is 332 g/mol. The molecule has 0 aliphatic heterocycles. The molecule has 0 radical (unpaired) electrons. The number of ether oxygens (including phenoxy) is 1. The van der Waals surface area contributed by atoms with Crippen LogP contribution < -0.4 is 15.4 Å². The van der Waals surface area contributed by atoms with Gasteiger partial charge >= 0.3 is 0 Å². The quantitative estimate of drug-likeness (QED) is 0.866. The number of methoxy groups -OCH3 is 1. The van der Waals surface area contributed by atoms with Crippen molar-refractivity contribution in [2.75, 3.05) is 12.4 Å². The lowest BCUT2D eigenvalue weighted by Crippen LogP contribution is -2.35. The number of hydrogen-bond donors (Lipinski definition) is 2. The van der Waals surface area contributed by atoms with Gasteiger partial charge < -0.3 is 15.4 Å². The van der Waals surface area contributed by atoms with Crippen LogP contribution >= 0.6 is 0 Å². The van der Waals surface area contributed by atoms with Crippen LogP contribution in [0, 0.1) is 0 Å². The maximum absolute atomic E-state index is 12.9. The third-order valence-corrected chi connectivity index (χ3v) is 4.07. The van der Waals surface area contributed by atoms with Crippen molar-refractivity contribution < 1.29 is 19.1 Å². The third-order valence-electron chi connectivity index (χ3n) is 4.07. The van der Waals surface area contributed by atoms with Gasteiger partial charge in [-0.1, -0.05) is 31.2 Å². The van der Waals surface area contributed by atoms with Gasteiger partial charge in [0, 0.05) is 23.2 Å². The molecule has 1 amide bonds. The Morgan fingerprint density at radius 3 is 2.04 bits per heavy atom. The maximum Gasteiger partial charge on any atom is 0.224 e. The van der Waals surface area contributed by atoms with Crippen LogP contribution in [0.25, 0.3) is 0 Å². The van der Waals surface area contributed by atoms with Gasteiger partial charge in [0.15, 0.2) is 0 Å². The number of carbonyl (C=O) groups is 3. The van der Waals surface area contributed by atoms with E-state index >= 15 is 0 Å². The largest absolute Gasteiger partial charge is 0.497 e. The molecule has 2 aromatic rings. The number of fused-ring (bicyclic) bond motifs is 1. The molecule has 6 heteroatoms. The average Bonchev–Trinajstić information content (AvgIpc) is 2.69. The van der Waals surface area contributed by atoms with Crippen molar-refractivity contribution in [3.8, 4) is 5.75 Å². The predicted molar refractivity (Wildman–Crippen MR) is 97.2 cm³/mol. The van der Waals surface area contributed by atoms with E-state index < -0.39 is 5.78 Å². The number of ketones is 2. The minimum Gasteiger partial charge on any atom is -0.497 e. The van der Waals surface area contributed by atoms with Gasteiger partial charge in [0.05, 0.1) is 7.11 Å². The predicted octanol–water partition coefficient (Wildman–Crippen LogP) is 2.92. The highest BCUT2D eigenvalue weighted by atomic mass is 16.5. The molecule has 1 aliphatic rings. The number of hydrogen-bond acceptors (Lipinski definition) is 5. The monoisotopic (exact) mass is 350 g/mol.